The molecule has 1 N–H and O–H groups in total. The molecular weight excluding hydrogens is 234 g/mol. The summed E-state index contributed by atoms with van der Waals surface area (Å²) in [6.45, 7) is 7.41. The highest BCUT2D eigenvalue weighted by molar-refractivity contribution is 5.47. The number of nitrogens with one attached hydrogen (secondary N) is 1. The zero-order chi connectivity index (χ0) is 13.8. The van der Waals surface area contributed by atoms with Crippen LogP contribution in [0.1, 0.15) is 50.7 Å². The normalized spacial score (nSPS) is 16.3. The maximum atomic E-state index is 4.69. The van der Waals surface area contributed by atoms with Gasteiger partial charge in [0.15, 0.2) is 0 Å². The maximum Gasteiger partial charge on any atom is 0.131 e. The van der Waals surface area contributed by atoms with E-state index in [4.69, 9.17) is 0 Å². The topological polar surface area (TPSA) is 28.2 Å². The van der Waals surface area contributed by atoms with E-state index in [1.54, 1.807) is 0 Å². The van der Waals surface area contributed by atoms with Crippen molar-refractivity contribution in [3.63, 3.8) is 0 Å². The monoisotopic (exact) mass is 261 g/mol. The van der Waals surface area contributed by atoms with E-state index in [1.165, 1.54) is 36.8 Å². The van der Waals surface area contributed by atoms with Gasteiger partial charge in [-0.05, 0) is 37.0 Å². The molecule has 1 saturated carbocycles. The van der Waals surface area contributed by atoms with Crippen LogP contribution in [0.4, 0.5) is 5.82 Å². The molecule has 0 aromatic carbocycles. The predicted octanol–water partition coefficient (Wildman–Crippen LogP) is 3.27. The molecule has 3 heteroatoms. The van der Waals surface area contributed by atoms with E-state index in [0.717, 1.165) is 12.4 Å². The lowest BCUT2D eigenvalue weighted by Crippen LogP contribution is -2.30. The largest absolute Gasteiger partial charge is 0.356 e. The van der Waals surface area contributed by atoms with Crippen molar-refractivity contribution in [3.8, 4) is 0 Å². The average molecular weight is 261 g/mol. The van der Waals surface area contributed by atoms with Gasteiger partial charge in [0.1, 0.15) is 5.82 Å². The minimum absolute atomic E-state index is 0.515. The van der Waals surface area contributed by atoms with E-state index in [9.17, 15) is 0 Å². The summed E-state index contributed by atoms with van der Waals surface area (Å²) in [4.78, 5) is 7.06. The summed E-state index contributed by atoms with van der Waals surface area (Å²) in [7, 11) is 2.19. The Balaban J connectivity index is 2.05. The summed E-state index contributed by atoms with van der Waals surface area (Å²) >= 11 is 0. The van der Waals surface area contributed by atoms with Crippen LogP contribution in [0.25, 0.3) is 0 Å². The Morgan fingerprint density at radius 3 is 2.63 bits per heavy atom. The van der Waals surface area contributed by atoms with E-state index in [1.807, 2.05) is 6.20 Å². The third-order valence-electron chi connectivity index (χ3n) is 4.03. The fraction of sp³-hybridized carbons (Fsp3) is 0.688. The number of nitrogens with zero attached hydrogens (tertiary/aromatic N) is 2. The van der Waals surface area contributed by atoms with Gasteiger partial charge in [-0.2, -0.15) is 0 Å². The molecule has 19 heavy (non-hydrogen) atoms. The van der Waals surface area contributed by atoms with Crippen LogP contribution in [0.5, 0.6) is 0 Å². The summed E-state index contributed by atoms with van der Waals surface area (Å²) in [6, 6.07) is 3.47. The van der Waals surface area contributed by atoms with Gasteiger partial charge in [0, 0.05) is 31.9 Å². The molecule has 0 aliphatic heterocycles. The molecule has 106 valence electrons. The molecular formula is C16H27N3. The predicted molar refractivity (Wildman–Crippen MR) is 81.6 cm³/mol. The molecule has 1 fully saturated rings. The van der Waals surface area contributed by atoms with Crippen molar-refractivity contribution >= 4 is 5.82 Å². The second-order valence-electron chi connectivity index (χ2n) is 6.07. The first-order chi connectivity index (χ1) is 9.08. The third-order valence-corrected chi connectivity index (χ3v) is 4.03. The first-order valence-corrected chi connectivity index (χ1v) is 7.49. The molecule has 0 spiro atoms. The van der Waals surface area contributed by atoms with Gasteiger partial charge in [-0.1, -0.05) is 26.7 Å². The maximum absolute atomic E-state index is 4.69. The minimum Gasteiger partial charge on any atom is -0.356 e. The number of pyridine rings is 1. The molecule has 0 bridgehead atoms. The van der Waals surface area contributed by atoms with Crippen molar-refractivity contribution in [2.75, 3.05) is 11.9 Å². The number of hydrogen-bond donors (Lipinski definition) is 1. The fourth-order valence-electron chi connectivity index (χ4n) is 2.88. The standard InChI is InChI=1S/C16H27N3/c1-12(2)17-10-14-9-13(3)16(18-11-14)19(4)15-7-5-6-8-15/h9,11-12,15,17H,5-8,10H2,1-4H3. The van der Waals surface area contributed by atoms with Crippen LogP contribution < -0.4 is 10.2 Å². The first kappa shape index (κ1) is 14.3. The quantitative estimate of drug-likeness (QED) is 0.881. The van der Waals surface area contributed by atoms with Crippen molar-refractivity contribution in [1.82, 2.24) is 10.3 Å². The van der Waals surface area contributed by atoms with Gasteiger partial charge in [0.05, 0.1) is 0 Å². The Labute approximate surface area is 117 Å². The first-order valence-electron chi connectivity index (χ1n) is 7.49. The summed E-state index contributed by atoms with van der Waals surface area (Å²) < 4.78 is 0. The van der Waals surface area contributed by atoms with E-state index in [-0.39, 0.29) is 0 Å². The molecule has 0 radical (unpaired) electrons. The molecule has 2 rings (SSSR count). The number of hydrogen-bond acceptors (Lipinski definition) is 3. The number of anilines is 1. The molecule has 0 saturated heterocycles. The van der Waals surface area contributed by atoms with Crippen molar-refractivity contribution in [1.29, 1.82) is 0 Å². The van der Waals surface area contributed by atoms with Crippen LogP contribution in [0.15, 0.2) is 12.3 Å². The van der Waals surface area contributed by atoms with Gasteiger partial charge in [-0.25, -0.2) is 4.98 Å². The van der Waals surface area contributed by atoms with Crippen LogP contribution in [0, 0.1) is 6.92 Å². The summed E-state index contributed by atoms with van der Waals surface area (Å²) in [5.41, 5.74) is 2.56. The second-order valence-corrected chi connectivity index (χ2v) is 6.07. The number of aromatic nitrogens is 1. The Hall–Kier alpha value is -1.09. The Morgan fingerprint density at radius 2 is 2.05 bits per heavy atom. The highest BCUT2D eigenvalue weighted by atomic mass is 15.2. The molecule has 0 atom stereocenters. The molecule has 1 heterocycles. The Morgan fingerprint density at radius 1 is 1.37 bits per heavy atom. The molecule has 1 aromatic rings. The molecule has 3 nitrogen and oxygen atoms in total. The van der Waals surface area contributed by atoms with Crippen LogP contribution in [-0.4, -0.2) is 24.1 Å². The van der Waals surface area contributed by atoms with Gasteiger partial charge in [-0.3, -0.25) is 0 Å². The van der Waals surface area contributed by atoms with E-state index in [2.05, 4.69) is 49.1 Å². The SMILES string of the molecule is Cc1cc(CNC(C)C)cnc1N(C)C1CCCC1. The molecule has 0 unspecified atom stereocenters. The lowest BCUT2D eigenvalue weighted by molar-refractivity contribution is 0.587. The fourth-order valence-corrected chi connectivity index (χ4v) is 2.88. The van der Waals surface area contributed by atoms with Gasteiger partial charge >= 0.3 is 0 Å². The second kappa shape index (κ2) is 6.38. The van der Waals surface area contributed by atoms with Crippen molar-refractivity contribution in [3.05, 3.63) is 23.4 Å². The summed E-state index contributed by atoms with van der Waals surface area (Å²) in [6.07, 6.45) is 7.38. The zero-order valence-electron chi connectivity index (χ0n) is 12.7. The van der Waals surface area contributed by atoms with Crippen molar-refractivity contribution in [2.45, 2.75) is 65.1 Å². The Kier molecular flexibility index (Phi) is 4.81. The minimum atomic E-state index is 0.515. The number of aryl methyl sites for hydroxylation is 1. The van der Waals surface area contributed by atoms with E-state index in [0.29, 0.717) is 12.1 Å². The van der Waals surface area contributed by atoms with Gasteiger partial charge < -0.3 is 10.2 Å². The van der Waals surface area contributed by atoms with Crippen LogP contribution >= 0.6 is 0 Å². The van der Waals surface area contributed by atoms with Gasteiger partial charge in [0.25, 0.3) is 0 Å². The van der Waals surface area contributed by atoms with Gasteiger partial charge in [-0.15, -0.1) is 0 Å². The zero-order valence-corrected chi connectivity index (χ0v) is 12.7. The molecule has 0 amide bonds. The van der Waals surface area contributed by atoms with E-state index < -0.39 is 0 Å². The van der Waals surface area contributed by atoms with Crippen LogP contribution in [-0.2, 0) is 6.54 Å². The van der Waals surface area contributed by atoms with Crippen molar-refractivity contribution in [2.24, 2.45) is 0 Å². The van der Waals surface area contributed by atoms with Crippen LogP contribution in [0.2, 0.25) is 0 Å². The highest BCUT2D eigenvalue weighted by Crippen LogP contribution is 2.27. The third kappa shape index (κ3) is 3.69. The molecule has 1 aromatic heterocycles. The number of rotatable bonds is 5. The Bertz CT molecular complexity index is 408. The van der Waals surface area contributed by atoms with Gasteiger partial charge in [0.2, 0.25) is 0 Å². The lowest BCUT2D eigenvalue weighted by Gasteiger charge is -2.27. The average Bonchev–Trinajstić information content (AvgIpc) is 2.89. The molecule has 1 aliphatic carbocycles. The highest BCUT2D eigenvalue weighted by Gasteiger charge is 2.21. The molecule has 1 aliphatic rings. The smallest absolute Gasteiger partial charge is 0.131 e. The van der Waals surface area contributed by atoms with Crippen molar-refractivity contribution < 1.29 is 0 Å². The summed E-state index contributed by atoms with van der Waals surface area (Å²) in [5, 5.41) is 3.44. The van der Waals surface area contributed by atoms with Crippen LogP contribution in [0.3, 0.4) is 0 Å². The summed E-state index contributed by atoms with van der Waals surface area (Å²) in [5.74, 6) is 1.15. The van der Waals surface area contributed by atoms with E-state index >= 15 is 0 Å². The lowest BCUT2D eigenvalue weighted by atomic mass is 10.1.